The summed E-state index contributed by atoms with van der Waals surface area (Å²) in [5.74, 6) is -1.25. The summed E-state index contributed by atoms with van der Waals surface area (Å²) in [7, 11) is 0. The molecule has 5 nitrogen and oxygen atoms in total. The lowest BCUT2D eigenvalue weighted by atomic mass is 10.2. The number of carbonyl (C=O) groups excluding carboxylic acids is 1. The molecule has 1 aromatic carbocycles. The van der Waals surface area contributed by atoms with Gasteiger partial charge in [-0.15, -0.1) is 0 Å². The maximum Gasteiger partial charge on any atom is 0.411 e. The molecule has 0 aromatic heterocycles. The number of carbonyl (C=O) groups is 2. The minimum Gasteiger partial charge on any atom is -0.478 e. The molecule has 0 saturated heterocycles. The number of anilines is 1. The largest absolute Gasteiger partial charge is 0.478 e. The first kappa shape index (κ1) is 15.4. The van der Waals surface area contributed by atoms with Gasteiger partial charge >= 0.3 is 18.2 Å². The Hall–Kier alpha value is -1.96. The second-order valence-corrected chi connectivity index (χ2v) is 5.07. The highest BCUT2D eigenvalue weighted by atomic mass is 35.5. The molecule has 0 aliphatic heterocycles. The van der Waals surface area contributed by atoms with Crippen LogP contribution in [0.25, 0.3) is 0 Å². The fraction of sp³-hybridized carbons (Fsp3) is 0.333. The molecule has 0 spiro atoms. The van der Waals surface area contributed by atoms with E-state index in [1.165, 1.54) is 12.1 Å². The highest BCUT2D eigenvalue weighted by molar-refractivity contribution is 6.33. The lowest BCUT2D eigenvalue weighted by molar-refractivity contribution is -0.162. The van der Waals surface area contributed by atoms with Crippen LogP contribution in [0.1, 0.15) is 23.2 Å². The van der Waals surface area contributed by atoms with Gasteiger partial charge in [-0.3, -0.25) is 0 Å². The van der Waals surface area contributed by atoms with Gasteiger partial charge in [-0.1, -0.05) is 11.6 Å². The lowest BCUT2D eigenvalue weighted by Crippen LogP contribution is -2.49. The average Bonchev–Trinajstić information content (AvgIpc) is 3.11. The highest BCUT2D eigenvalue weighted by Crippen LogP contribution is 2.48. The Kier molecular flexibility index (Phi) is 3.75. The van der Waals surface area contributed by atoms with Gasteiger partial charge in [0.1, 0.15) is 5.54 Å². The van der Waals surface area contributed by atoms with Crippen molar-refractivity contribution in [1.82, 2.24) is 5.32 Å². The third-order valence-corrected chi connectivity index (χ3v) is 3.44. The van der Waals surface area contributed by atoms with E-state index < -0.39 is 23.7 Å². The van der Waals surface area contributed by atoms with Gasteiger partial charge in [0.05, 0.1) is 16.3 Å². The fourth-order valence-corrected chi connectivity index (χ4v) is 1.89. The van der Waals surface area contributed by atoms with Crippen LogP contribution in [0, 0.1) is 0 Å². The van der Waals surface area contributed by atoms with Gasteiger partial charge in [-0.25, -0.2) is 9.59 Å². The number of carboxylic acid groups (broad SMARTS) is 1. The smallest absolute Gasteiger partial charge is 0.411 e. The molecular weight excluding hydrogens is 313 g/mol. The van der Waals surface area contributed by atoms with Crippen LogP contribution in [0.3, 0.4) is 0 Å². The molecule has 2 rings (SSSR count). The van der Waals surface area contributed by atoms with Crippen molar-refractivity contribution < 1.29 is 27.9 Å². The Labute approximate surface area is 122 Å². The van der Waals surface area contributed by atoms with Gasteiger partial charge in [-0.2, -0.15) is 13.2 Å². The summed E-state index contributed by atoms with van der Waals surface area (Å²) in [5.41, 5.74) is -2.42. The van der Waals surface area contributed by atoms with Gasteiger partial charge in [0, 0.05) is 0 Å². The van der Waals surface area contributed by atoms with E-state index in [4.69, 9.17) is 16.7 Å². The Morgan fingerprint density at radius 1 is 1.29 bits per heavy atom. The first-order valence-corrected chi connectivity index (χ1v) is 6.21. The first-order valence-electron chi connectivity index (χ1n) is 5.83. The van der Waals surface area contributed by atoms with Crippen LogP contribution < -0.4 is 10.6 Å². The number of benzene rings is 1. The first-order chi connectivity index (χ1) is 9.64. The highest BCUT2D eigenvalue weighted by Gasteiger charge is 2.64. The molecular formula is C12H10ClF3N2O3. The zero-order valence-corrected chi connectivity index (χ0v) is 11.2. The van der Waals surface area contributed by atoms with Crippen molar-refractivity contribution in [2.24, 2.45) is 0 Å². The molecule has 1 aliphatic carbocycles. The van der Waals surface area contributed by atoms with E-state index in [-0.39, 0.29) is 29.1 Å². The number of aromatic carboxylic acids is 1. The number of urea groups is 1. The summed E-state index contributed by atoms with van der Waals surface area (Å²) in [4.78, 5) is 22.4. The summed E-state index contributed by atoms with van der Waals surface area (Å²) in [6, 6.07) is 2.43. The number of rotatable bonds is 3. The van der Waals surface area contributed by atoms with Crippen LogP contribution in [-0.4, -0.2) is 28.8 Å². The molecule has 0 atom stereocenters. The third kappa shape index (κ3) is 3.21. The average molecular weight is 323 g/mol. The monoisotopic (exact) mass is 322 g/mol. The van der Waals surface area contributed by atoms with Crippen LogP contribution in [0.15, 0.2) is 18.2 Å². The molecule has 21 heavy (non-hydrogen) atoms. The zero-order valence-electron chi connectivity index (χ0n) is 10.4. The molecule has 0 heterocycles. The van der Waals surface area contributed by atoms with E-state index in [1.807, 2.05) is 5.32 Å². The van der Waals surface area contributed by atoms with Crippen molar-refractivity contribution in [2.75, 3.05) is 5.32 Å². The fourth-order valence-electron chi connectivity index (χ4n) is 1.73. The van der Waals surface area contributed by atoms with Crippen LogP contribution in [0.2, 0.25) is 5.02 Å². The standard InChI is InChI=1S/C12H10ClF3N2O3/c13-7-2-1-6(9(19)20)5-8(7)17-10(21)18-11(3-4-11)12(14,15)16/h1-2,5H,3-4H2,(H,19,20)(H2,17,18,21). The predicted molar refractivity (Wildman–Crippen MR) is 68.6 cm³/mol. The van der Waals surface area contributed by atoms with Gasteiger partial charge in [-0.05, 0) is 31.0 Å². The molecule has 1 aromatic rings. The third-order valence-electron chi connectivity index (χ3n) is 3.11. The Morgan fingerprint density at radius 2 is 1.90 bits per heavy atom. The second kappa shape index (κ2) is 5.10. The number of nitrogens with one attached hydrogen (secondary N) is 2. The molecule has 2 amide bonds. The van der Waals surface area contributed by atoms with E-state index in [0.717, 1.165) is 6.07 Å². The normalized spacial score (nSPS) is 16.2. The molecule has 9 heteroatoms. The summed E-state index contributed by atoms with van der Waals surface area (Å²) in [6.07, 6.45) is -4.91. The molecule has 0 bridgehead atoms. The summed E-state index contributed by atoms with van der Waals surface area (Å²) in [6.45, 7) is 0. The van der Waals surface area contributed by atoms with Gasteiger partial charge in [0.15, 0.2) is 0 Å². The molecule has 114 valence electrons. The van der Waals surface area contributed by atoms with E-state index in [9.17, 15) is 22.8 Å². The maximum atomic E-state index is 12.7. The maximum absolute atomic E-state index is 12.7. The number of hydrogen-bond acceptors (Lipinski definition) is 2. The molecule has 0 unspecified atom stereocenters. The van der Waals surface area contributed by atoms with Crippen LogP contribution in [-0.2, 0) is 0 Å². The van der Waals surface area contributed by atoms with Crippen molar-refractivity contribution in [2.45, 2.75) is 24.6 Å². The molecule has 1 aliphatic rings. The minimum absolute atomic E-state index is 0.0204. The minimum atomic E-state index is -4.53. The molecule has 1 fully saturated rings. The zero-order chi connectivity index (χ0) is 15.8. The van der Waals surface area contributed by atoms with Gasteiger partial charge in [0.25, 0.3) is 0 Å². The van der Waals surface area contributed by atoms with Crippen molar-refractivity contribution in [3.63, 3.8) is 0 Å². The lowest BCUT2D eigenvalue weighted by Gasteiger charge is -2.21. The SMILES string of the molecule is O=C(Nc1cc(C(=O)O)ccc1Cl)NC1(C(F)(F)F)CC1. The Bertz CT molecular complexity index is 600. The van der Waals surface area contributed by atoms with Crippen molar-refractivity contribution >= 4 is 29.3 Å². The summed E-state index contributed by atoms with van der Waals surface area (Å²) >= 11 is 5.76. The molecule has 3 N–H and O–H groups in total. The number of carboxylic acids is 1. The predicted octanol–water partition coefficient (Wildman–Crippen LogP) is 3.25. The summed E-state index contributed by atoms with van der Waals surface area (Å²) < 4.78 is 38.1. The number of amides is 2. The van der Waals surface area contributed by atoms with Crippen molar-refractivity contribution in [1.29, 1.82) is 0 Å². The van der Waals surface area contributed by atoms with E-state index in [1.54, 1.807) is 0 Å². The van der Waals surface area contributed by atoms with Crippen LogP contribution >= 0.6 is 11.6 Å². The van der Waals surface area contributed by atoms with Gasteiger partial charge in [0.2, 0.25) is 0 Å². The second-order valence-electron chi connectivity index (χ2n) is 4.66. The molecule has 0 radical (unpaired) electrons. The number of halogens is 4. The van der Waals surface area contributed by atoms with E-state index in [2.05, 4.69) is 5.32 Å². The Morgan fingerprint density at radius 3 is 2.38 bits per heavy atom. The number of alkyl halides is 3. The van der Waals surface area contributed by atoms with Gasteiger partial charge < -0.3 is 15.7 Å². The van der Waals surface area contributed by atoms with Crippen LogP contribution in [0.4, 0.5) is 23.7 Å². The van der Waals surface area contributed by atoms with Crippen molar-refractivity contribution in [3.05, 3.63) is 28.8 Å². The Balaban J connectivity index is 2.10. The van der Waals surface area contributed by atoms with E-state index >= 15 is 0 Å². The topological polar surface area (TPSA) is 78.4 Å². The van der Waals surface area contributed by atoms with Crippen LogP contribution in [0.5, 0.6) is 0 Å². The number of hydrogen-bond donors (Lipinski definition) is 3. The molecule has 1 saturated carbocycles. The van der Waals surface area contributed by atoms with Crippen molar-refractivity contribution in [3.8, 4) is 0 Å². The van der Waals surface area contributed by atoms with E-state index in [0.29, 0.717) is 0 Å². The quantitative estimate of drug-likeness (QED) is 0.799. The summed E-state index contributed by atoms with van der Waals surface area (Å²) in [5, 5.41) is 12.8.